The fraction of sp³-hybridized carbons (Fsp3) is 0.440. The van der Waals surface area contributed by atoms with Gasteiger partial charge in [0.25, 0.3) is 0 Å². The van der Waals surface area contributed by atoms with Gasteiger partial charge in [0.05, 0.1) is 19.1 Å². The number of rotatable bonds is 7. The maximum atomic E-state index is 13.5. The maximum Gasteiger partial charge on any atom is 0.341 e. The van der Waals surface area contributed by atoms with Crippen LogP contribution < -0.4 is 10.1 Å². The number of ether oxygens (including phenoxy) is 3. The molecule has 0 saturated carbocycles. The lowest BCUT2D eigenvalue weighted by Gasteiger charge is -2.36. The van der Waals surface area contributed by atoms with Crippen molar-refractivity contribution in [3.05, 3.63) is 59.2 Å². The summed E-state index contributed by atoms with van der Waals surface area (Å²) in [6.45, 7) is 7.62. The molecule has 3 rings (SSSR count). The Balaban J connectivity index is 1.89. The van der Waals surface area contributed by atoms with E-state index in [2.05, 4.69) is 5.32 Å². The molecule has 0 aliphatic carbocycles. The highest BCUT2D eigenvalue weighted by Crippen LogP contribution is 2.37. The minimum Gasteiger partial charge on any atom is -0.492 e. The Bertz CT molecular complexity index is 914. The van der Waals surface area contributed by atoms with Crippen molar-refractivity contribution in [2.75, 3.05) is 32.2 Å². The van der Waals surface area contributed by atoms with E-state index in [4.69, 9.17) is 14.2 Å². The molecule has 1 N–H and O–H groups in total. The van der Waals surface area contributed by atoms with Crippen LogP contribution in [-0.2, 0) is 19.7 Å². The van der Waals surface area contributed by atoms with Crippen molar-refractivity contribution in [2.45, 2.75) is 39.0 Å². The highest BCUT2D eigenvalue weighted by atomic mass is 16.5. The quantitative estimate of drug-likeness (QED) is 0.661. The molecule has 166 valence electrons. The zero-order valence-corrected chi connectivity index (χ0v) is 18.7. The molecule has 1 aliphatic heterocycles. The Kier molecular flexibility index (Phi) is 7.33. The Morgan fingerprint density at radius 3 is 2.39 bits per heavy atom. The smallest absolute Gasteiger partial charge is 0.341 e. The van der Waals surface area contributed by atoms with Crippen LogP contribution in [0.3, 0.4) is 0 Å². The third kappa shape index (κ3) is 5.25. The average molecular weight is 426 g/mol. The van der Waals surface area contributed by atoms with Crippen LogP contribution >= 0.6 is 0 Å². The minimum atomic E-state index is -0.676. The number of methoxy groups -OCH3 is 1. The van der Waals surface area contributed by atoms with Crippen molar-refractivity contribution in [3.8, 4) is 5.75 Å². The highest BCUT2D eigenvalue weighted by Gasteiger charge is 2.41. The number of nitrogens with one attached hydrogen (secondary N) is 1. The van der Waals surface area contributed by atoms with Crippen molar-refractivity contribution in [1.29, 1.82) is 0 Å². The molecular weight excluding hydrogens is 394 g/mol. The van der Waals surface area contributed by atoms with E-state index in [9.17, 15) is 9.59 Å². The van der Waals surface area contributed by atoms with Crippen LogP contribution in [0.4, 0.5) is 5.69 Å². The molecule has 0 bridgehead atoms. The third-order valence-corrected chi connectivity index (χ3v) is 5.60. The summed E-state index contributed by atoms with van der Waals surface area (Å²) in [7, 11) is 1.33. The van der Waals surface area contributed by atoms with Gasteiger partial charge in [-0.2, -0.15) is 0 Å². The van der Waals surface area contributed by atoms with Gasteiger partial charge in [-0.05, 0) is 49.4 Å². The summed E-state index contributed by atoms with van der Waals surface area (Å²) in [5.74, 6) is 0.145. The molecule has 6 heteroatoms. The second-order valence-electron chi connectivity index (χ2n) is 8.42. The molecule has 1 saturated heterocycles. The summed E-state index contributed by atoms with van der Waals surface area (Å²) in [5.41, 5.74) is 2.26. The summed E-state index contributed by atoms with van der Waals surface area (Å²) in [6, 6.07) is 13.1. The summed E-state index contributed by atoms with van der Waals surface area (Å²) >= 11 is 0. The summed E-state index contributed by atoms with van der Waals surface area (Å²) in [6.07, 6.45) is 1.20. The first-order valence-electron chi connectivity index (χ1n) is 10.7. The SMILES string of the molecule is COC(=O)c1cc(NC(=O)C2(c3ccc(C)cc3)CCOCC2)ccc1OCC(C)C. The molecule has 0 atom stereocenters. The van der Waals surface area contributed by atoms with Crippen molar-refractivity contribution in [3.63, 3.8) is 0 Å². The number of anilines is 1. The van der Waals surface area contributed by atoms with Crippen LogP contribution in [0.25, 0.3) is 0 Å². The van der Waals surface area contributed by atoms with Crippen molar-refractivity contribution < 1.29 is 23.8 Å². The van der Waals surface area contributed by atoms with Gasteiger partial charge in [-0.25, -0.2) is 4.79 Å². The molecule has 1 heterocycles. The van der Waals surface area contributed by atoms with E-state index in [1.165, 1.54) is 7.11 Å². The van der Waals surface area contributed by atoms with Gasteiger partial charge in [-0.3, -0.25) is 4.79 Å². The van der Waals surface area contributed by atoms with Crippen LogP contribution in [0.2, 0.25) is 0 Å². The molecule has 1 fully saturated rings. The van der Waals surface area contributed by atoms with Gasteiger partial charge >= 0.3 is 5.97 Å². The molecular formula is C25H31NO5. The third-order valence-electron chi connectivity index (χ3n) is 5.60. The van der Waals surface area contributed by atoms with Gasteiger partial charge in [0.1, 0.15) is 11.3 Å². The molecule has 2 aromatic rings. The van der Waals surface area contributed by atoms with Gasteiger partial charge in [-0.1, -0.05) is 43.7 Å². The molecule has 0 spiro atoms. The summed E-state index contributed by atoms with van der Waals surface area (Å²) in [4.78, 5) is 25.8. The number of hydrogen-bond donors (Lipinski definition) is 1. The summed E-state index contributed by atoms with van der Waals surface area (Å²) in [5, 5.41) is 3.02. The van der Waals surface area contributed by atoms with E-state index in [0.29, 0.717) is 50.0 Å². The van der Waals surface area contributed by atoms with E-state index in [-0.39, 0.29) is 11.5 Å². The standard InChI is InChI=1S/C25H31NO5/c1-17(2)16-31-22-10-9-20(15-21(22)23(27)29-4)26-24(28)25(11-13-30-14-12-25)19-7-5-18(3)6-8-19/h5-10,15,17H,11-14,16H2,1-4H3,(H,26,28). The van der Waals surface area contributed by atoms with E-state index < -0.39 is 11.4 Å². The minimum absolute atomic E-state index is 0.105. The van der Waals surface area contributed by atoms with Crippen molar-refractivity contribution >= 4 is 17.6 Å². The van der Waals surface area contributed by atoms with Crippen LogP contribution in [0, 0.1) is 12.8 Å². The number of hydrogen-bond acceptors (Lipinski definition) is 5. The fourth-order valence-corrected chi connectivity index (χ4v) is 3.75. The van der Waals surface area contributed by atoms with Crippen molar-refractivity contribution in [1.82, 2.24) is 0 Å². The van der Waals surface area contributed by atoms with Crippen LogP contribution in [0.15, 0.2) is 42.5 Å². The van der Waals surface area contributed by atoms with Crippen LogP contribution in [0.5, 0.6) is 5.75 Å². The molecule has 0 aromatic heterocycles. The monoisotopic (exact) mass is 425 g/mol. The molecule has 31 heavy (non-hydrogen) atoms. The lowest BCUT2D eigenvalue weighted by Crippen LogP contribution is -2.44. The van der Waals surface area contributed by atoms with E-state index in [1.54, 1.807) is 18.2 Å². The van der Waals surface area contributed by atoms with E-state index in [1.807, 2.05) is 45.0 Å². The molecule has 2 aromatic carbocycles. The van der Waals surface area contributed by atoms with Crippen LogP contribution in [-0.4, -0.2) is 38.8 Å². The molecule has 1 aliphatic rings. The normalized spacial score (nSPS) is 15.4. The lowest BCUT2D eigenvalue weighted by molar-refractivity contribution is -0.125. The largest absolute Gasteiger partial charge is 0.492 e. The first-order valence-corrected chi connectivity index (χ1v) is 10.7. The van der Waals surface area contributed by atoms with Gasteiger partial charge in [0, 0.05) is 18.9 Å². The Hall–Kier alpha value is -2.86. The molecule has 0 unspecified atom stereocenters. The number of carbonyl (C=O) groups excluding carboxylic acids is 2. The topological polar surface area (TPSA) is 73.9 Å². The predicted octanol–water partition coefficient (Wildman–Crippen LogP) is 4.50. The number of benzene rings is 2. The number of carbonyl (C=O) groups is 2. The van der Waals surface area contributed by atoms with Gasteiger partial charge in [0.2, 0.25) is 5.91 Å². The second-order valence-corrected chi connectivity index (χ2v) is 8.42. The number of amides is 1. The maximum absolute atomic E-state index is 13.5. The molecule has 6 nitrogen and oxygen atoms in total. The van der Waals surface area contributed by atoms with Crippen molar-refractivity contribution in [2.24, 2.45) is 5.92 Å². The molecule has 0 radical (unpaired) electrons. The Morgan fingerprint density at radius 1 is 1.10 bits per heavy atom. The first-order chi connectivity index (χ1) is 14.9. The average Bonchev–Trinajstić information content (AvgIpc) is 2.78. The van der Waals surface area contributed by atoms with E-state index in [0.717, 1.165) is 11.1 Å². The zero-order valence-electron chi connectivity index (χ0n) is 18.7. The van der Waals surface area contributed by atoms with Gasteiger partial charge in [0.15, 0.2) is 0 Å². The van der Waals surface area contributed by atoms with Gasteiger partial charge < -0.3 is 19.5 Å². The fourth-order valence-electron chi connectivity index (χ4n) is 3.75. The van der Waals surface area contributed by atoms with Gasteiger partial charge in [-0.15, -0.1) is 0 Å². The predicted molar refractivity (Wildman–Crippen MR) is 120 cm³/mol. The number of aryl methyl sites for hydroxylation is 1. The number of esters is 1. The second kappa shape index (κ2) is 9.96. The highest BCUT2D eigenvalue weighted by molar-refractivity contribution is 6.01. The van der Waals surface area contributed by atoms with Crippen LogP contribution in [0.1, 0.15) is 48.2 Å². The van der Waals surface area contributed by atoms with E-state index >= 15 is 0 Å². The Morgan fingerprint density at radius 2 is 1.77 bits per heavy atom. The Labute approximate surface area is 183 Å². The first kappa shape index (κ1) is 22.8. The summed E-state index contributed by atoms with van der Waals surface area (Å²) < 4.78 is 16.2. The molecule has 1 amide bonds. The lowest BCUT2D eigenvalue weighted by atomic mass is 9.73. The zero-order chi connectivity index (χ0) is 22.4.